The average Bonchev–Trinajstić information content (AvgIpc) is 2.94. The van der Waals surface area contributed by atoms with Crippen molar-refractivity contribution in [2.24, 2.45) is 0 Å². The van der Waals surface area contributed by atoms with E-state index < -0.39 is 6.03 Å². The van der Waals surface area contributed by atoms with Crippen LogP contribution in [0.2, 0.25) is 5.02 Å². The fourth-order valence-corrected chi connectivity index (χ4v) is 2.90. The maximum Gasteiger partial charge on any atom is 0.324 e. The van der Waals surface area contributed by atoms with Gasteiger partial charge in [-0.25, -0.2) is 4.79 Å². The molecule has 1 aliphatic rings. The lowest BCUT2D eigenvalue weighted by Gasteiger charge is -2.15. The quantitative estimate of drug-likeness (QED) is 0.793. The number of carbonyl (C=O) groups excluding carboxylic acids is 3. The van der Waals surface area contributed by atoms with Gasteiger partial charge in [0, 0.05) is 10.6 Å². The van der Waals surface area contributed by atoms with Gasteiger partial charge < -0.3 is 10.6 Å². The van der Waals surface area contributed by atoms with Crippen molar-refractivity contribution in [1.82, 2.24) is 15.5 Å². The Balaban J connectivity index is 1.63. The van der Waals surface area contributed by atoms with Crippen molar-refractivity contribution in [2.45, 2.75) is 19.5 Å². The Morgan fingerprint density at radius 1 is 1.23 bits per heavy atom. The molecule has 0 bridgehead atoms. The molecular formula is C19H18ClN3O3. The third kappa shape index (κ3) is 4.03. The zero-order chi connectivity index (χ0) is 18.7. The van der Waals surface area contributed by atoms with E-state index in [0.29, 0.717) is 10.6 Å². The first-order valence-electron chi connectivity index (χ1n) is 8.17. The molecule has 7 heteroatoms. The van der Waals surface area contributed by atoms with Crippen LogP contribution in [0.1, 0.15) is 34.5 Å². The first-order valence-corrected chi connectivity index (χ1v) is 8.55. The Morgan fingerprint density at radius 2 is 1.96 bits per heavy atom. The maximum absolute atomic E-state index is 12.4. The van der Waals surface area contributed by atoms with Crippen molar-refractivity contribution >= 4 is 29.4 Å². The van der Waals surface area contributed by atoms with Gasteiger partial charge >= 0.3 is 6.03 Å². The van der Waals surface area contributed by atoms with Crippen molar-refractivity contribution in [3.8, 4) is 0 Å². The standard InChI is InChI=1S/C19H18ClN3O3/c1-12(15-3-2-4-16(20)9-15)22-18(25)14-7-5-13(6-8-14)11-23-17(24)10-21-19(23)26/h2-9,12H,10-11H2,1H3,(H,21,26)(H,22,25)/t12-/m0/s1. The van der Waals surface area contributed by atoms with Crippen LogP contribution in [0.5, 0.6) is 0 Å². The summed E-state index contributed by atoms with van der Waals surface area (Å²) in [5.74, 6) is -0.466. The number of amides is 4. The molecule has 2 N–H and O–H groups in total. The molecule has 0 aromatic heterocycles. The van der Waals surface area contributed by atoms with Crippen LogP contribution in [-0.4, -0.2) is 29.3 Å². The third-order valence-corrected chi connectivity index (χ3v) is 4.43. The Labute approximate surface area is 156 Å². The smallest absolute Gasteiger partial charge is 0.324 e. The van der Waals surface area contributed by atoms with Gasteiger partial charge in [0.05, 0.1) is 19.1 Å². The van der Waals surface area contributed by atoms with Crippen LogP contribution in [-0.2, 0) is 11.3 Å². The third-order valence-electron chi connectivity index (χ3n) is 4.19. The number of nitrogens with one attached hydrogen (secondary N) is 2. The highest BCUT2D eigenvalue weighted by molar-refractivity contribution is 6.30. The molecule has 1 saturated heterocycles. The summed E-state index contributed by atoms with van der Waals surface area (Å²) >= 11 is 5.98. The molecule has 0 spiro atoms. The lowest BCUT2D eigenvalue weighted by Crippen LogP contribution is -2.30. The summed E-state index contributed by atoms with van der Waals surface area (Å²) in [4.78, 5) is 36.7. The summed E-state index contributed by atoms with van der Waals surface area (Å²) in [6.07, 6.45) is 0. The fourth-order valence-electron chi connectivity index (χ4n) is 2.70. The molecule has 1 fully saturated rings. The minimum Gasteiger partial charge on any atom is -0.346 e. The number of nitrogens with zero attached hydrogens (tertiary/aromatic N) is 1. The van der Waals surface area contributed by atoms with Gasteiger partial charge in [-0.05, 0) is 42.3 Å². The minimum absolute atomic E-state index is 0.0285. The average molecular weight is 372 g/mol. The van der Waals surface area contributed by atoms with Gasteiger partial charge in [0.2, 0.25) is 5.91 Å². The molecule has 0 radical (unpaired) electrons. The molecule has 3 rings (SSSR count). The summed E-state index contributed by atoms with van der Waals surface area (Å²) in [7, 11) is 0. The predicted molar refractivity (Wildman–Crippen MR) is 97.7 cm³/mol. The molecule has 6 nitrogen and oxygen atoms in total. The number of halogens is 1. The van der Waals surface area contributed by atoms with Crippen molar-refractivity contribution in [2.75, 3.05) is 6.54 Å². The van der Waals surface area contributed by atoms with Crippen LogP contribution < -0.4 is 10.6 Å². The summed E-state index contributed by atoms with van der Waals surface area (Å²) in [6, 6.07) is 13.6. The second-order valence-corrected chi connectivity index (χ2v) is 6.52. The highest BCUT2D eigenvalue weighted by Crippen LogP contribution is 2.18. The summed E-state index contributed by atoms with van der Waals surface area (Å²) in [5.41, 5.74) is 2.19. The van der Waals surface area contributed by atoms with E-state index in [0.717, 1.165) is 16.0 Å². The van der Waals surface area contributed by atoms with E-state index >= 15 is 0 Å². The highest BCUT2D eigenvalue weighted by Gasteiger charge is 2.28. The van der Waals surface area contributed by atoms with Crippen LogP contribution in [0.25, 0.3) is 0 Å². The largest absolute Gasteiger partial charge is 0.346 e. The zero-order valence-electron chi connectivity index (χ0n) is 14.2. The van der Waals surface area contributed by atoms with Gasteiger partial charge in [0.15, 0.2) is 0 Å². The first-order chi connectivity index (χ1) is 12.4. The van der Waals surface area contributed by atoms with E-state index in [4.69, 9.17) is 11.6 Å². The van der Waals surface area contributed by atoms with Gasteiger partial charge in [-0.15, -0.1) is 0 Å². The molecular weight excluding hydrogens is 354 g/mol. The zero-order valence-corrected chi connectivity index (χ0v) is 14.9. The number of carbonyl (C=O) groups is 3. The summed E-state index contributed by atoms with van der Waals surface area (Å²) in [5, 5.41) is 6.01. The molecule has 1 atom stereocenters. The Morgan fingerprint density at radius 3 is 2.58 bits per heavy atom. The van der Waals surface area contributed by atoms with Crippen LogP contribution in [0.15, 0.2) is 48.5 Å². The number of imide groups is 1. The lowest BCUT2D eigenvalue weighted by molar-refractivity contribution is -0.125. The van der Waals surface area contributed by atoms with Crippen molar-refractivity contribution in [1.29, 1.82) is 0 Å². The Bertz CT molecular complexity index is 835. The molecule has 0 saturated carbocycles. The topological polar surface area (TPSA) is 78.5 Å². The first kappa shape index (κ1) is 17.9. The second-order valence-electron chi connectivity index (χ2n) is 6.09. The van der Waals surface area contributed by atoms with Crippen LogP contribution >= 0.6 is 11.6 Å². The second kappa shape index (κ2) is 7.58. The van der Waals surface area contributed by atoms with Gasteiger partial charge in [-0.3, -0.25) is 14.5 Å². The molecule has 2 aromatic carbocycles. The van der Waals surface area contributed by atoms with Crippen molar-refractivity contribution in [3.05, 3.63) is 70.2 Å². The van der Waals surface area contributed by atoms with Gasteiger partial charge in [-0.2, -0.15) is 0 Å². The Hall–Kier alpha value is -2.86. The van der Waals surface area contributed by atoms with Gasteiger partial charge in [0.1, 0.15) is 0 Å². The molecule has 1 aliphatic heterocycles. The number of rotatable bonds is 5. The van der Waals surface area contributed by atoms with E-state index in [9.17, 15) is 14.4 Å². The minimum atomic E-state index is -0.396. The monoisotopic (exact) mass is 371 g/mol. The Kier molecular flexibility index (Phi) is 5.23. The number of urea groups is 1. The molecule has 0 unspecified atom stereocenters. The fraction of sp³-hybridized carbons (Fsp3) is 0.211. The normalized spacial score (nSPS) is 14.9. The van der Waals surface area contributed by atoms with Crippen LogP contribution in [0, 0.1) is 0 Å². The number of hydrogen-bond donors (Lipinski definition) is 2. The molecule has 4 amide bonds. The van der Waals surface area contributed by atoms with Gasteiger partial charge in [-0.1, -0.05) is 35.9 Å². The van der Waals surface area contributed by atoms with E-state index in [1.165, 1.54) is 0 Å². The molecule has 26 heavy (non-hydrogen) atoms. The van der Waals surface area contributed by atoms with E-state index in [1.54, 1.807) is 30.3 Å². The number of benzene rings is 2. The van der Waals surface area contributed by atoms with E-state index in [1.807, 2.05) is 25.1 Å². The van der Waals surface area contributed by atoms with Crippen molar-refractivity contribution < 1.29 is 14.4 Å². The predicted octanol–water partition coefficient (Wildman–Crippen LogP) is 2.88. The molecule has 134 valence electrons. The van der Waals surface area contributed by atoms with Gasteiger partial charge in [0.25, 0.3) is 5.91 Å². The van der Waals surface area contributed by atoms with Crippen LogP contribution in [0.4, 0.5) is 4.79 Å². The molecule has 0 aliphatic carbocycles. The van der Waals surface area contributed by atoms with Crippen molar-refractivity contribution in [3.63, 3.8) is 0 Å². The summed E-state index contributed by atoms with van der Waals surface area (Å²) in [6.45, 7) is 2.10. The van der Waals surface area contributed by atoms with E-state index in [2.05, 4.69) is 10.6 Å². The van der Waals surface area contributed by atoms with E-state index in [-0.39, 0.29) is 30.9 Å². The lowest BCUT2D eigenvalue weighted by atomic mass is 10.1. The maximum atomic E-state index is 12.4. The SMILES string of the molecule is C[C@H](NC(=O)c1ccc(CN2C(=O)CNC2=O)cc1)c1cccc(Cl)c1. The highest BCUT2D eigenvalue weighted by atomic mass is 35.5. The molecule has 2 aromatic rings. The number of hydrogen-bond acceptors (Lipinski definition) is 3. The van der Waals surface area contributed by atoms with Crippen LogP contribution in [0.3, 0.4) is 0 Å². The molecule has 1 heterocycles. The summed E-state index contributed by atoms with van der Waals surface area (Å²) < 4.78 is 0.